The first kappa shape index (κ1) is 9.27. The Labute approximate surface area is 75.1 Å². The molecule has 0 aromatic carbocycles. The number of hydrogen-bond acceptors (Lipinski definition) is 1. The van der Waals surface area contributed by atoms with Crippen molar-refractivity contribution >= 4 is 0 Å². The second-order valence-electron chi connectivity index (χ2n) is 3.16. The highest BCUT2D eigenvalue weighted by atomic mass is 15.1. The third-order valence-electron chi connectivity index (χ3n) is 2.20. The quantitative estimate of drug-likeness (QED) is 0.575. The summed E-state index contributed by atoms with van der Waals surface area (Å²) < 4.78 is 0. The number of likely N-dealkylation sites (tertiary alicyclic amines) is 1. The Morgan fingerprint density at radius 3 is 2.42 bits per heavy atom. The van der Waals surface area contributed by atoms with Gasteiger partial charge in [-0.15, -0.1) is 0 Å². The molecule has 0 aromatic heterocycles. The van der Waals surface area contributed by atoms with Crippen molar-refractivity contribution in [1.29, 1.82) is 0 Å². The molecule has 0 atom stereocenters. The minimum atomic E-state index is 1.04. The lowest BCUT2D eigenvalue weighted by Crippen LogP contribution is -2.21. The van der Waals surface area contributed by atoms with Gasteiger partial charge < -0.3 is 0 Å². The van der Waals surface area contributed by atoms with Crippen molar-refractivity contribution in [1.82, 2.24) is 4.90 Å². The van der Waals surface area contributed by atoms with Crippen LogP contribution in [0.4, 0.5) is 0 Å². The summed E-state index contributed by atoms with van der Waals surface area (Å²) in [5.74, 6) is 0. The Morgan fingerprint density at radius 1 is 1.25 bits per heavy atom. The Hall–Kier alpha value is -0.820. The monoisotopic (exact) mass is 163 g/mol. The minimum Gasteiger partial charge on any atom is -0.299 e. The SMILES string of the molecule is C=C/C=C(\C=C)CN1CCCC1. The molecule has 1 heteroatoms. The first-order chi connectivity index (χ1) is 5.86. The number of nitrogens with zero attached hydrogens (tertiary/aromatic N) is 1. The van der Waals surface area contributed by atoms with E-state index in [1.165, 1.54) is 31.5 Å². The predicted molar refractivity (Wildman–Crippen MR) is 54.2 cm³/mol. The third-order valence-corrected chi connectivity index (χ3v) is 2.20. The van der Waals surface area contributed by atoms with E-state index in [-0.39, 0.29) is 0 Å². The highest BCUT2D eigenvalue weighted by Crippen LogP contribution is 2.10. The molecule has 1 aliphatic rings. The highest BCUT2D eigenvalue weighted by molar-refractivity contribution is 5.22. The fourth-order valence-corrected chi connectivity index (χ4v) is 1.54. The van der Waals surface area contributed by atoms with Gasteiger partial charge in [-0.1, -0.05) is 31.4 Å². The first-order valence-electron chi connectivity index (χ1n) is 4.53. The van der Waals surface area contributed by atoms with E-state index in [2.05, 4.69) is 18.1 Å². The average Bonchev–Trinajstić information content (AvgIpc) is 2.56. The predicted octanol–water partition coefficient (Wildman–Crippen LogP) is 2.38. The van der Waals surface area contributed by atoms with Gasteiger partial charge in [0, 0.05) is 6.54 Å². The van der Waals surface area contributed by atoms with E-state index in [0.717, 1.165) is 6.54 Å². The normalized spacial score (nSPS) is 19.5. The molecule has 12 heavy (non-hydrogen) atoms. The zero-order valence-corrected chi connectivity index (χ0v) is 7.63. The first-order valence-corrected chi connectivity index (χ1v) is 4.53. The molecule has 66 valence electrons. The number of hydrogen-bond donors (Lipinski definition) is 0. The van der Waals surface area contributed by atoms with Crippen LogP contribution in [0.15, 0.2) is 37.0 Å². The zero-order chi connectivity index (χ0) is 8.81. The fraction of sp³-hybridized carbons (Fsp3) is 0.455. The van der Waals surface area contributed by atoms with E-state index < -0.39 is 0 Å². The van der Waals surface area contributed by atoms with Gasteiger partial charge in [-0.2, -0.15) is 0 Å². The van der Waals surface area contributed by atoms with Crippen LogP contribution in [0.25, 0.3) is 0 Å². The Balaban J connectivity index is 2.40. The minimum absolute atomic E-state index is 1.04. The molecule has 1 fully saturated rings. The summed E-state index contributed by atoms with van der Waals surface area (Å²) in [6.07, 6.45) is 8.47. The standard InChI is InChI=1S/C11H17N/c1-3-7-11(4-2)10-12-8-5-6-9-12/h3-4,7H,1-2,5-6,8-10H2/b11-7+. The molecule has 0 saturated carbocycles. The van der Waals surface area contributed by atoms with E-state index in [1.54, 1.807) is 0 Å². The molecular weight excluding hydrogens is 146 g/mol. The molecule has 1 aliphatic heterocycles. The van der Waals surface area contributed by atoms with E-state index >= 15 is 0 Å². The van der Waals surface area contributed by atoms with E-state index in [0.29, 0.717) is 0 Å². The van der Waals surface area contributed by atoms with Crippen LogP contribution >= 0.6 is 0 Å². The molecule has 1 saturated heterocycles. The summed E-state index contributed by atoms with van der Waals surface area (Å²) in [5, 5.41) is 0. The molecular formula is C11H17N. The summed E-state index contributed by atoms with van der Waals surface area (Å²) in [5.41, 5.74) is 1.27. The summed E-state index contributed by atoms with van der Waals surface area (Å²) in [6.45, 7) is 11.0. The lowest BCUT2D eigenvalue weighted by Gasteiger charge is -2.14. The molecule has 0 bridgehead atoms. The van der Waals surface area contributed by atoms with Crippen LogP contribution in [-0.2, 0) is 0 Å². The highest BCUT2D eigenvalue weighted by Gasteiger charge is 2.10. The molecule has 0 unspecified atom stereocenters. The Kier molecular flexibility index (Phi) is 3.81. The van der Waals surface area contributed by atoms with Crippen molar-refractivity contribution in [3.05, 3.63) is 37.0 Å². The second kappa shape index (κ2) is 4.94. The van der Waals surface area contributed by atoms with Crippen LogP contribution in [0.1, 0.15) is 12.8 Å². The molecule has 0 aliphatic carbocycles. The average molecular weight is 163 g/mol. The van der Waals surface area contributed by atoms with Crippen LogP contribution in [0, 0.1) is 0 Å². The number of rotatable bonds is 4. The van der Waals surface area contributed by atoms with E-state index in [1.807, 2.05) is 18.2 Å². The maximum Gasteiger partial charge on any atom is 0.0233 e. The molecule has 1 heterocycles. The fourth-order valence-electron chi connectivity index (χ4n) is 1.54. The molecule has 0 spiro atoms. The molecule has 1 nitrogen and oxygen atoms in total. The molecule has 0 radical (unpaired) electrons. The van der Waals surface area contributed by atoms with Crippen molar-refractivity contribution in [2.45, 2.75) is 12.8 Å². The van der Waals surface area contributed by atoms with Crippen LogP contribution in [0.3, 0.4) is 0 Å². The van der Waals surface area contributed by atoms with Gasteiger partial charge in [-0.25, -0.2) is 0 Å². The Morgan fingerprint density at radius 2 is 1.92 bits per heavy atom. The second-order valence-corrected chi connectivity index (χ2v) is 3.16. The maximum absolute atomic E-state index is 3.78. The summed E-state index contributed by atoms with van der Waals surface area (Å²) in [6, 6.07) is 0. The van der Waals surface area contributed by atoms with Gasteiger partial charge in [0.1, 0.15) is 0 Å². The molecule has 1 rings (SSSR count). The van der Waals surface area contributed by atoms with Crippen molar-refractivity contribution in [3.63, 3.8) is 0 Å². The van der Waals surface area contributed by atoms with Crippen LogP contribution in [0.2, 0.25) is 0 Å². The van der Waals surface area contributed by atoms with Gasteiger partial charge in [0.2, 0.25) is 0 Å². The van der Waals surface area contributed by atoms with Gasteiger partial charge in [0.15, 0.2) is 0 Å². The van der Waals surface area contributed by atoms with Gasteiger partial charge in [0.25, 0.3) is 0 Å². The Bertz CT molecular complexity index is 185. The van der Waals surface area contributed by atoms with Crippen LogP contribution < -0.4 is 0 Å². The molecule has 0 aromatic rings. The topological polar surface area (TPSA) is 3.24 Å². The van der Waals surface area contributed by atoms with Crippen molar-refractivity contribution in [2.75, 3.05) is 19.6 Å². The van der Waals surface area contributed by atoms with Crippen LogP contribution in [0.5, 0.6) is 0 Å². The maximum atomic E-state index is 3.78. The van der Waals surface area contributed by atoms with Crippen molar-refractivity contribution < 1.29 is 0 Å². The smallest absolute Gasteiger partial charge is 0.0233 e. The largest absolute Gasteiger partial charge is 0.299 e. The molecule has 0 amide bonds. The van der Waals surface area contributed by atoms with Gasteiger partial charge in [-0.05, 0) is 31.5 Å². The van der Waals surface area contributed by atoms with E-state index in [9.17, 15) is 0 Å². The van der Waals surface area contributed by atoms with Crippen molar-refractivity contribution in [3.8, 4) is 0 Å². The summed E-state index contributed by atoms with van der Waals surface area (Å²) >= 11 is 0. The lowest BCUT2D eigenvalue weighted by molar-refractivity contribution is 0.371. The van der Waals surface area contributed by atoms with Gasteiger partial charge in [0.05, 0.1) is 0 Å². The third kappa shape index (κ3) is 2.67. The van der Waals surface area contributed by atoms with E-state index in [4.69, 9.17) is 0 Å². The van der Waals surface area contributed by atoms with Crippen LogP contribution in [-0.4, -0.2) is 24.5 Å². The summed E-state index contributed by atoms with van der Waals surface area (Å²) in [4.78, 5) is 2.46. The van der Waals surface area contributed by atoms with Crippen molar-refractivity contribution in [2.24, 2.45) is 0 Å². The summed E-state index contributed by atoms with van der Waals surface area (Å²) in [7, 11) is 0. The molecule has 0 N–H and O–H groups in total. The van der Waals surface area contributed by atoms with Gasteiger partial charge >= 0.3 is 0 Å². The number of allylic oxidation sites excluding steroid dienone is 2. The van der Waals surface area contributed by atoms with Gasteiger partial charge in [-0.3, -0.25) is 4.90 Å². The lowest BCUT2D eigenvalue weighted by atomic mass is 10.2. The zero-order valence-electron chi connectivity index (χ0n) is 7.63.